The van der Waals surface area contributed by atoms with E-state index in [0.717, 1.165) is 31.4 Å². The highest BCUT2D eigenvalue weighted by molar-refractivity contribution is 8.01. The van der Waals surface area contributed by atoms with Gasteiger partial charge in [0.25, 0.3) is 5.91 Å². The van der Waals surface area contributed by atoms with Gasteiger partial charge in [-0.25, -0.2) is 10.4 Å². The highest BCUT2D eigenvalue weighted by Gasteiger charge is 2.07. The molecule has 0 fully saturated rings. The number of hydrogen-bond donors (Lipinski definition) is 1. The second-order valence-corrected chi connectivity index (χ2v) is 9.78. The average Bonchev–Trinajstić information content (AvgIpc) is 3.30. The third-order valence-corrected chi connectivity index (χ3v) is 7.34. The molecule has 0 bridgehead atoms. The SMILES string of the molecule is O=C(CSc1nc2ccccc2s1)N/N=C\c1ccc(OCc2cccc3ccccc23)cc1. The Balaban J connectivity index is 1.10. The van der Waals surface area contributed by atoms with Crippen molar-refractivity contribution in [3.63, 3.8) is 0 Å². The summed E-state index contributed by atoms with van der Waals surface area (Å²) in [4.78, 5) is 16.6. The number of hydrazone groups is 1. The Labute approximate surface area is 205 Å². The van der Waals surface area contributed by atoms with E-state index < -0.39 is 0 Å². The predicted molar refractivity (Wildman–Crippen MR) is 141 cm³/mol. The van der Waals surface area contributed by atoms with Gasteiger partial charge in [-0.1, -0.05) is 66.4 Å². The lowest BCUT2D eigenvalue weighted by Gasteiger charge is -2.09. The molecule has 1 heterocycles. The van der Waals surface area contributed by atoms with E-state index >= 15 is 0 Å². The minimum absolute atomic E-state index is 0.171. The maximum atomic E-state index is 12.1. The highest BCUT2D eigenvalue weighted by Crippen LogP contribution is 2.29. The number of fused-ring (bicyclic) bond motifs is 2. The first-order valence-corrected chi connectivity index (χ1v) is 12.5. The minimum atomic E-state index is -0.171. The van der Waals surface area contributed by atoms with Gasteiger partial charge in [-0.15, -0.1) is 11.3 Å². The van der Waals surface area contributed by atoms with E-state index in [-0.39, 0.29) is 11.7 Å². The van der Waals surface area contributed by atoms with Crippen LogP contribution in [0.2, 0.25) is 0 Å². The molecule has 1 aromatic heterocycles. The zero-order valence-corrected chi connectivity index (χ0v) is 19.8. The quantitative estimate of drug-likeness (QED) is 0.160. The van der Waals surface area contributed by atoms with Crippen LogP contribution in [0.5, 0.6) is 5.75 Å². The molecule has 168 valence electrons. The number of rotatable bonds is 8. The summed E-state index contributed by atoms with van der Waals surface area (Å²) >= 11 is 3.00. The number of carbonyl (C=O) groups is 1. The number of para-hydroxylation sites is 1. The Morgan fingerprint density at radius 2 is 1.76 bits per heavy atom. The van der Waals surface area contributed by atoms with E-state index in [2.05, 4.69) is 39.8 Å². The molecule has 4 aromatic carbocycles. The lowest BCUT2D eigenvalue weighted by molar-refractivity contribution is -0.118. The molecule has 7 heteroatoms. The van der Waals surface area contributed by atoms with Crippen LogP contribution in [0.3, 0.4) is 0 Å². The molecule has 0 aliphatic rings. The third-order valence-electron chi connectivity index (χ3n) is 5.16. The van der Waals surface area contributed by atoms with Crippen molar-refractivity contribution < 1.29 is 9.53 Å². The van der Waals surface area contributed by atoms with Gasteiger partial charge in [0.1, 0.15) is 12.4 Å². The summed E-state index contributed by atoms with van der Waals surface area (Å²) in [6.45, 7) is 0.497. The van der Waals surface area contributed by atoms with Crippen molar-refractivity contribution >= 4 is 56.2 Å². The van der Waals surface area contributed by atoms with Crippen molar-refractivity contribution in [3.05, 3.63) is 102 Å². The Morgan fingerprint density at radius 3 is 2.65 bits per heavy atom. The largest absolute Gasteiger partial charge is 0.489 e. The van der Waals surface area contributed by atoms with Crippen LogP contribution >= 0.6 is 23.1 Å². The van der Waals surface area contributed by atoms with E-state index in [0.29, 0.717) is 6.61 Å². The molecule has 5 rings (SSSR count). The fraction of sp³-hybridized carbons (Fsp3) is 0.0741. The molecule has 34 heavy (non-hydrogen) atoms. The molecule has 5 aromatic rings. The van der Waals surface area contributed by atoms with Crippen LogP contribution < -0.4 is 10.2 Å². The Bertz CT molecular complexity index is 1420. The number of carbonyl (C=O) groups excluding carboxylic acids is 1. The number of nitrogens with zero attached hydrogens (tertiary/aromatic N) is 2. The average molecular weight is 484 g/mol. The normalized spacial score (nSPS) is 11.3. The third kappa shape index (κ3) is 5.44. The maximum Gasteiger partial charge on any atom is 0.250 e. The summed E-state index contributed by atoms with van der Waals surface area (Å²) < 4.78 is 7.96. The summed E-state index contributed by atoms with van der Waals surface area (Å²) in [7, 11) is 0. The van der Waals surface area contributed by atoms with Gasteiger partial charge in [0, 0.05) is 0 Å². The van der Waals surface area contributed by atoms with Gasteiger partial charge in [-0.2, -0.15) is 5.10 Å². The number of thiazole rings is 1. The van der Waals surface area contributed by atoms with Crippen molar-refractivity contribution in [1.82, 2.24) is 10.4 Å². The van der Waals surface area contributed by atoms with Crippen molar-refractivity contribution in [2.75, 3.05) is 5.75 Å². The van der Waals surface area contributed by atoms with Gasteiger partial charge in [0.05, 0.1) is 22.2 Å². The minimum Gasteiger partial charge on any atom is -0.489 e. The molecule has 5 nitrogen and oxygen atoms in total. The van der Waals surface area contributed by atoms with E-state index in [4.69, 9.17) is 4.74 Å². The molecule has 1 N–H and O–H groups in total. The molecular formula is C27H21N3O2S2. The molecular weight excluding hydrogens is 462 g/mol. The molecule has 0 saturated carbocycles. The van der Waals surface area contributed by atoms with Crippen LogP contribution in [0.4, 0.5) is 0 Å². The van der Waals surface area contributed by atoms with Gasteiger partial charge in [-0.3, -0.25) is 4.79 Å². The van der Waals surface area contributed by atoms with Gasteiger partial charge in [0.2, 0.25) is 0 Å². The van der Waals surface area contributed by atoms with Gasteiger partial charge >= 0.3 is 0 Å². The molecule has 0 saturated heterocycles. The van der Waals surface area contributed by atoms with Crippen molar-refractivity contribution in [1.29, 1.82) is 0 Å². The van der Waals surface area contributed by atoms with Crippen molar-refractivity contribution in [3.8, 4) is 5.75 Å². The van der Waals surface area contributed by atoms with E-state index in [1.807, 2.05) is 66.7 Å². The van der Waals surface area contributed by atoms with Crippen molar-refractivity contribution in [2.24, 2.45) is 5.10 Å². The van der Waals surface area contributed by atoms with Crippen LogP contribution in [-0.4, -0.2) is 22.9 Å². The zero-order chi connectivity index (χ0) is 23.2. The monoisotopic (exact) mass is 483 g/mol. The Kier molecular flexibility index (Phi) is 6.84. The van der Waals surface area contributed by atoms with Gasteiger partial charge < -0.3 is 4.74 Å². The summed E-state index contributed by atoms with van der Waals surface area (Å²) in [6, 6.07) is 30.1. The molecule has 0 unspecified atom stereocenters. The van der Waals surface area contributed by atoms with Crippen LogP contribution in [0, 0.1) is 0 Å². The fourth-order valence-corrected chi connectivity index (χ4v) is 5.34. The van der Waals surface area contributed by atoms with Gasteiger partial charge in [0.15, 0.2) is 4.34 Å². The lowest BCUT2D eigenvalue weighted by atomic mass is 10.1. The Morgan fingerprint density at radius 1 is 0.971 bits per heavy atom. The summed E-state index contributed by atoms with van der Waals surface area (Å²) in [6.07, 6.45) is 1.62. The molecule has 0 atom stereocenters. The second kappa shape index (κ2) is 10.5. The summed E-state index contributed by atoms with van der Waals surface area (Å²) in [5.41, 5.74) is 5.55. The molecule has 0 aliphatic heterocycles. The number of thioether (sulfide) groups is 1. The number of ether oxygens (including phenoxy) is 1. The smallest absolute Gasteiger partial charge is 0.250 e. The first kappa shape index (κ1) is 22.1. The summed E-state index contributed by atoms with van der Waals surface area (Å²) in [5, 5.41) is 6.46. The number of amides is 1. The molecule has 0 radical (unpaired) electrons. The first-order chi connectivity index (χ1) is 16.7. The van der Waals surface area contributed by atoms with Crippen LogP contribution in [0.1, 0.15) is 11.1 Å². The first-order valence-electron chi connectivity index (χ1n) is 10.7. The standard InChI is InChI=1S/C27H21N3O2S2/c31-26(18-33-27-29-24-10-3-4-11-25(24)34-27)30-28-16-19-12-14-22(15-13-19)32-17-21-8-5-7-20-6-1-2-9-23(20)21/h1-16H,17-18H2,(H,30,31)/b28-16-. The maximum absolute atomic E-state index is 12.1. The van der Waals surface area contributed by atoms with Crippen molar-refractivity contribution in [2.45, 2.75) is 10.9 Å². The lowest BCUT2D eigenvalue weighted by Crippen LogP contribution is -2.19. The highest BCUT2D eigenvalue weighted by atomic mass is 32.2. The van der Waals surface area contributed by atoms with Gasteiger partial charge in [-0.05, 0) is 58.3 Å². The van der Waals surface area contributed by atoms with Crippen LogP contribution in [0.15, 0.2) is 100 Å². The molecule has 0 spiro atoms. The molecule has 0 aliphatic carbocycles. The zero-order valence-electron chi connectivity index (χ0n) is 18.2. The van der Waals surface area contributed by atoms with Crippen LogP contribution in [0.25, 0.3) is 21.0 Å². The van der Waals surface area contributed by atoms with E-state index in [9.17, 15) is 4.79 Å². The number of nitrogens with one attached hydrogen (secondary N) is 1. The number of benzene rings is 4. The molecule has 1 amide bonds. The van der Waals surface area contributed by atoms with E-state index in [1.165, 1.54) is 22.5 Å². The second-order valence-electron chi connectivity index (χ2n) is 7.53. The summed E-state index contributed by atoms with van der Waals surface area (Å²) in [5.74, 6) is 0.870. The topological polar surface area (TPSA) is 63.6 Å². The number of hydrogen-bond acceptors (Lipinski definition) is 6. The van der Waals surface area contributed by atoms with E-state index in [1.54, 1.807) is 17.6 Å². The predicted octanol–water partition coefficient (Wildman–Crippen LogP) is 6.27. The van der Waals surface area contributed by atoms with Crippen LogP contribution in [-0.2, 0) is 11.4 Å². The fourth-order valence-electron chi connectivity index (χ4n) is 3.48. The number of aromatic nitrogens is 1. The Hall–Kier alpha value is -3.68.